The van der Waals surface area contributed by atoms with Crippen molar-refractivity contribution in [3.63, 3.8) is 0 Å². The van der Waals surface area contributed by atoms with Crippen LogP contribution in [0.1, 0.15) is 38.5 Å². The molecule has 0 spiro atoms. The first-order valence-electron chi connectivity index (χ1n) is 6.14. The smallest absolute Gasteiger partial charge is 0.306 e. The summed E-state index contributed by atoms with van der Waals surface area (Å²) in [5.74, 6) is 0.214. The summed E-state index contributed by atoms with van der Waals surface area (Å²) in [6.45, 7) is 0. The first-order chi connectivity index (χ1) is 8.13. The van der Waals surface area contributed by atoms with Crippen LogP contribution in [0.2, 0.25) is 0 Å². The predicted octanol–water partition coefficient (Wildman–Crippen LogP) is 1.89. The van der Waals surface area contributed by atoms with Gasteiger partial charge in [0.15, 0.2) is 0 Å². The van der Waals surface area contributed by atoms with Crippen molar-refractivity contribution in [2.75, 3.05) is 12.0 Å². The Hall–Kier alpha value is -0.710. The zero-order chi connectivity index (χ0) is 12.7. The van der Waals surface area contributed by atoms with Crippen LogP contribution in [0.4, 0.5) is 0 Å². The second-order valence-electron chi connectivity index (χ2n) is 4.55. The average Bonchev–Trinajstić information content (AvgIpc) is 2.30. The van der Waals surface area contributed by atoms with Gasteiger partial charge < -0.3 is 10.4 Å². The maximum Gasteiger partial charge on any atom is 0.306 e. The van der Waals surface area contributed by atoms with Crippen LogP contribution in [0.25, 0.3) is 0 Å². The Labute approximate surface area is 107 Å². The van der Waals surface area contributed by atoms with Crippen LogP contribution in [-0.4, -0.2) is 35.0 Å². The SMILES string of the molecule is CSCCCC(=O)NC1CCC(C(=O)O)CC1. The predicted molar refractivity (Wildman–Crippen MR) is 69.1 cm³/mol. The number of carboxylic acids is 1. The highest BCUT2D eigenvalue weighted by Crippen LogP contribution is 2.24. The summed E-state index contributed by atoms with van der Waals surface area (Å²) >= 11 is 1.75. The molecule has 1 rings (SSSR count). The molecule has 0 atom stereocenters. The number of hydrogen-bond acceptors (Lipinski definition) is 3. The summed E-state index contributed by atoms with van der Waals surface area (Å²) < 4.78 is 0. The molecule has 0 aliphatic heterocycles. The summed E-state index contributed by atoms with van der Waals surface area (Å²) in [4.78, 5) is 22.3. The van der Waals surface area contributed by atoms with Crippen LogP contribution in [0.3, 0.4) is 0 Å². The summed E-state index contributed by atoms with van der Waals surface area (Å²) in [6.07, 6.45) is 6.49. The van der Waals surface area contributed by atoms with E-state index in [9.17, 15) is 9.59 Å². The van der Waals surface area contributed by atoms with Gasteiger partial charge in [-0.25, -0.2) is 0 Å². The molecule has 1 aliphatic carbocycles. The fourth-order valence-electron chi connectivity index (χ4n) is 2.16. The van der Waals surface area contributed by atoms with Gasteiger partial charge in [-0.2, -0.15) is 11.8 Å². The highest BCUT2D eigenvalue weighted by atomic mass is 32.2. The van der Waals surface area contributed by atoms with Crippen LogP contribution in [0, 0.1) is 5.92 Å². The molecule has 17 heavy (non-hydrogen) atoms. The van der Waals surface area contributed by atoms with Crippen molar-refractivity contribution in [3.05, 3.63) is 0 Å². The number of aliphatic carboxylic acids is 1. The zero-order valence-corrected chi connectivity index (χ0v) is 11.1. The number of amides is 1. The van der Waals surface area contributed by atoms with Crippen molar-refractivity contribution in [3.8, 4) is 0 Å². The minimum absolute atomic E-state index is 0.109. The lowest BCUT2D eigenvalue weighted by Gasteiger charge is -2.26. The van der Waals surface area contributed by atoms with Gasteiger partial charge in [0.2, 0.25) is 5.91 Å². The Morgan fingerprint density at radius 3 is 2.47 bits per heavy atom. The molecule has 98 valence electrons. The van der Waals surface area contributed by atoms with Crippen LogP contribution < -0.4 is 5.32 Å². The molecule has 1 aliphatic rings. The van der Waals surface area contributed by atoms with Gasteiger partial charge in [0.05, 0.1) is 5.92 Å². The molecule has 0 aromatic rings. The van der Waals surface area contributed by atoms with Crippen molar-refractivity contribution >= 4 is 23.6 Å². The molecule has 0 aromatic carbocycles. The van der Waals surface area contributed by atoms with Crippen LogP contribution in [0.15, 0.2) is 0 Å². The summed E-state index contributed by atoms with van der Waals surface area (Å²) in [7, 11) is 0. The van der Waals surface area contributed by atoms with Crippen molar-refractivity contribution in [1.29, 1.82) is 0 Å². The lowest BCUT2D eigenvalue weighted by molar-refractivity contribution is -0.142. The molecule has 0 saturated heterocycles. The number of carboxylic acid groups (broad SMARTS) is 1. The highest BCUT2D eigenvalue weighted by molar-refractivity contribution is 7.98. The monoisotopic (exact) mass is 259 g/mol. The molecule has 2 N–H and O–H groups in total. The van der Waals surface area contributed by atoms with E-state index in [1.807, 2.05) is 6.26 Å². The molecule has 4 nitrogen and oxygen atoms in total. The fraction of sp³-hybridized carbons (Fsp3) is 0.833. The average molecular weight is 259 g/mol. The molecule has 1 amide bonds. The maximum absolute atomic E-state index is 11.6. The van der Waals surface area contributed by atoms with Crippen molar-refractivity contribution < 1.29 is 14.7 Å². The molecule has 0 unspecified atom stereocenters. The minimum Gasteiger partial charge on any atom is -0.481 e. The van der Waals surface area contributed by atoms with Crippen LogP contribution in [0.5, 0.6) is 0 Å². The Kier molecular flexibility index (Phi) is 6.40. The summed E-state index contributed by atoms with van der Waals surface area (Å²) in [6, 6.07) is 0.187. The third-order valence-electron chi connectivity index (χ3n) is 3.19. The van der Waals surface area contributed by atoms with E-state index < -0.39 is 5.97 Å². The number of thioether (sulfide) groups is 1. The first kappa shape index (κ1) is 14.4. The molecular weight excluding hydrogens is 238 g/mol. The number of nitrogens with one attached hydrogen (secondary N) is 1. The largest absolute Gasteiger partial charge is 0.481 e. The lowest BCUT2D eigenvalue weighted by atomic mass is 9.86. The van der Waals surface area contributed by atoms with Crippen LogP contribution >= 0.6 is 11.8 Å². The second kappa shape index (κ2) is 7.58. The number of rotatable bonds is 6. The molecule has 0 aromatic heterocycles. The van der Waals surface area contributed by atoms with Crippen LogP contribution in [-0.2, 0) is 9.59 Å². The third kappa shape index (κ3) is 5.44. The topological polar surface area (TPSA) is 66.4 Å². The molecule has 5 heteroatoms. The highest BCUT2D eigenvalue weighted by Gasteiger charge is 2.26. The van der Waals surface area contributed by atoms with Gasteiger partial charge in [-0.1, -0.05) is 0 Å². The standard InChI is InChI=1S/C12H21NO3S/c1-17-8-2-3-11(14)13-10-6-4-9(5-7-10)12(15)16/h9-10H,2-8H2,1H3,(H,13,14)(H,15,16). The van der Waals surface area contributed by atoms with Crippen molar-refractivity contribution in [2.24, 2.45) is 5.92 Å². The van der Waals surface area contributed by atoms with Gasteiger partial charge in [-0.05, 0) is 44.1 Å². The quantitative estimate of drug-likeness (QED) is 0.715. The van der Waals surface area contributed by atoms with E-state index >= 15 is 0 Å². The molecule has 1 saturated carbocycles. The van der Waals surface area contributed by atoms with Gasteiger partial charge in [-0.15, -0.1) is 0 Å². The van der Waals surface area contributed by atoms with Gasteiger partial charge in [0, 0.05) is 12.5 Å². The fourth-order valence-corrected chi connectivity index (χ4v) is 2.59. The van der Waals surface area contributed by atoms with E-state index in [4.69, 9.17) is 5.11 Å². The maximum atomic E-state index is 11.6. The van der Waals surface area contributed by atoms with E-state index in [1.54, 1.807) is 11.8 Å². The van der Waals surface area contributed by atoms with Crippen molar-refractivity contribution in [1.82, 2.24) is 5.32 Å². The Balaban J connectivity index is 2.17. The number of carbonyl (C=O) groups excluding carboxylic acids is 1. The Morgan fingerprint density at radius 1 is 1.29 bits per heavy atom. The lowest BCUT2D eigenvalue weighted by Crippen LogP contribution is -2.38. The van der Waals surface area contributed by atoms with Crippen molar-refractivity contribution in [2.45, 2.75) is 44.6 Å². The van der Waals surface area contributed by atoms with E-state index in [2.05, 4.69) is 5.32 Å². The van der Waals surface area contributed by atoms with Gasteiger partial charge in [0.25, 0.3) is 0 Å². The normalized spacial score (nSPS) is 24.3. The zero-order valence-electron chi connectivity index (χ0n) is 10.3. The minimum atomic E-state index is -0.699. The van der Waals surface area contributed by atoms with E-state index in [0.717, 1.165) is 25.0 Å². The number of carbonyl (C=O) groups is 2. The van der Waals surface area contributed by atoms with Gasteiger partial charge in [0.1, 0.15) is 0 Å². The first-order valence-corrected chi connectivity index (χ1v) is 7.54. The van der Waals surface area contributed by atoms with E-state index in [0.29, 0.717) is 19.3 Å². The van der Waals surface area contributed by atoms with Gasteiger partial charge in [-0.3, -0.25) is 9.59 Å². The summed E-state index contributed by atoms with van der Waals surface area (Å²) in [5, 5.41) is 11.9. The van der Waals surface area contributed by atoms with E-state index in [1.165, 1.54) is 0 Å². The second-order valence-corrected chi connectivity index (χ2v) is 5.54. The van der Waals surface area contributed by atoms with E-state index in [-0.39, 0.29) is 17.9 Å². The summed E-state index contributed by atoms with van der Waals surface area (Å²) in [5.41, 5.74) is 0. The number of hydrogen-bond donors (Lipinski definition) is 2. The third-order valence-corrected chi connectivity index (χ3v) is 3.89. The molecular formula is C12H21NO3S. The Morgan fingerprint density at radius 2 is 1.94 bits per heavy atom. The van der Waals surface area contributed by atoms with Gasteiger partial charge >= 0.3 is 5.97 Å². The molecule has 0 radical (unpaired) electrons. The molecule has 0 bridgehead atoms. The molecule has 0 heterocycles. The molecule has 1 fully saturated rings. The Bertz CT molecular complexity index is 262.